The molecule has 1 N–H and O–H groups in total. The Morgan fingerprint density at radius 2 is 1.80 bits per heavy atom. The summed E-state index contributed by atoms with van der Waals surface area (Å²) in [6.07, 6.45) is 5.31. The first-order valence-electron chi connectivity index (χ1n) is 15.7. The fourth-order valence-corrected chi connectivity index (χ4v) is 7.37. The van der Waals surface area contributed by atoms with Crippen LogP contribution in [0.2, 0.25) is 0 Å². The number of aryl methyl sites for hydroxylation is 2. The first-order valence-corrected chi connectivity index (χ1v) is 15.7. The lowest BCUT2D eigenvalue weighted by Gasteiger charge is -2.38. The average molecular weight is 598 g/mol. The third-order valence-corrected chi connectivity index (χ3v) is 9.77. The monoisotopic (exact) mass is 597 g/mol. The molecule has 0 bridgehead atoms. The lowest BCUT2D eigenvalue weighted by atomic mass is 9.83. The van der Waals surface area contributed by atoms with Gasteiger partial charge in [0.25, 0.3) is 0 Å². The zero-order chi connectivity index (χ0) is 30.6. The molecule has 2 fully saturated rings. The largest absolute Gasteiger partial charge is 0.390 e. The van der Waals surface area contributed by atoms with Crippen LogP contribution in [0.3, 0.4) is 0 Å². The van der Waals surface area contributed by atoms with Crippen LogP contribution in [0.1, 0.15) is 56.8 Å². The number of pyridine rings is 2. The van der Waals surface area contributed by atoms with Gasteiger partial charge in [-0.25, -0.2) is 14.1 Å². The molecule has 0 radical (unpaired) electrons. The van der Waals surface area contributed by atoms with E-state index in [0.717, 1.165) is 83.6 Å². The number of halogens is 1. The molecule has 44 heavy (non-hydrogen) atoms. The van der Waals surface area contributed by atoms with Crippen LogP contribution in [-0.2, 0) is 11.8 Å². The lowest BCUT2D eigenvalue weighted by Crippen LogP contribution is -2.42. The third-order valence-electron chi connectivity index (χ3n) is 9.77. The zero-order valence-corrected chi connectivity index (χ0v) is 25.9. The third kappa shape index (κ3) is 5.03. The van der Waals surface area contributed by atoms with Gasteiger partial charge in [0.2, 0.25) is 0 Å². The molecule has 0 spiro atoms. The maximum absolute atomic E-state index is 15.8. The molecule has 230 valence electrons. The molecule has 2 aliphatic rings. The number of benzene rings is 1. The highest BCUT2D eigenvalue weighted by Gasteiger charge is 2.34. The van der Waals surface area contributed by atoms with Crippen LogP contribution in [0.25, 0.3) is 33.3 Å². The van der Waals surface area contributed by atoms with Crippen LogP contribution in [0.5, 0.6) is 0 Å². The summed E-state index contributed by atoms with van der Waals surface area (Å²) in [6.45, 7) is 8.68. The van der Waals surface area contributed by atoms with Gasteiger partial charge < -0.3 is 19.3 Å². The average Bonchev–Trinajstić information content (AvgIpc) is 3.53. The van der Waals surface area contributed by atoms with Crippen molar-refractivity contribution in [1.29, 1.82) is 0 Å². The van der Waals surface area contributed by atoms with E-state index in [2.05, 4.69) is 38.0 Å². The van der Waals surface area contributed by atoms with Crippen molar-refractivity contribution in [2.45, 2.75) is 58.1 Å². The number of ether oxygens (including phenoxy) is 1. The van der Waals surface area contributed by atoms with Crippen molar-refractivity contribution >= 4 is 27.9 Å². The Bertz CT molecular complexity index is 1790. The second-order valence-corrected chi connectivity index (χ2v) is 13.0. The van der Waals surface area contributed by atoms with Gasteiger partial charge >= 0.3 is 0 Å². The number of hydrogen-bond acceptors (Lipinski definition) is 7. The van der Waals surface area contributed by atoms with Gasteiger partial charge in [-0.15, -0.1) is 5.10 Å². The molecular weight excluding hydrogens is 557 g/mol. The summed E-state index contributed by atoms with van der Waals surface area (Å²) in [5.74, 6) is 1.07. The Balaban J connectivity index is 1.45. The number of nitrogens with zero attached hydrogens (tertiary/aromatic N) is 7. The van der Waals surface area contributed by atoms with Crippen molar-refractivity contribution in [3.63, 3.8) is 0 Å². The minimum Gasteiger partial charge on any atom is -0.390 e. The fourth-order valence-electron chi connectivity index (χ4n) is 7.37. The smallest absolute Gasteiger partial charge is 0.145 e. The highest BCUT2D eigenvalue weighted by Crippen LogP contribution is 2.42. The van der Waals surface area contributed by atoms with Gasteiger partial charge in [0.1, 0.15) is 17.3 Å². The van der Waals surface area contributed by atoms with Gasteiger partial charge in [-0.2, -0.15) is 0 Å². The molecule has 0 unspecified atom stereocenters. The van der Waals surface area contributed by atoms with Crippen LogP contribution in [0, 0.1) is 24.6 Å². The minimum atomic E-state index is -0.697. The van der Waals surface area contributed by atoms with E-state index in [4.69, 9.17) is 14.7 Å². The van der Waals surface area contributed by atoms with Gasteiger partial charge in [0.15, 0.2) is 0 Å². The molecule has 9 nitrogen and oxygen atoms in total. The molecule has 2 aliphatic heterocycles. The summed E-state index contributed by atoms with van der Waals surface area (Å²) in [7, 11) is 1.88. The molecule has 0 saturated carbocycles. The van der Waals surface area contributed by atoms with Crippen molar-refractivity contribution in [1.82, 2.24) is 29.5 Å². The Labute approximate surface area is 256 Å². The molecular formula is C34H40FN7O2. The first-order chi connectivity index (χ1) is 21.2. The number of aromatic nitrogens is 6. The normalized spacial score (nSPS) is 18.0. The van der Waals surface area contributed by atoms with Gasteiger partial charge in [0.05, 0.1) is 34.1 Å². The number of hydrogen-bond donors (Lipinski definition) is 1. The summed E-state index contributed by atoms with van der Waals surface area (Å²) in [4.78, 5) is 12.6. The second kappa shape index (κ2) is 11.2. The SMILES string of the molecule is Cc1nnn(C)c1-c1cnc2c3ccc(N4CCC(C(C)(C)O)CC4)nc3n([C@H](c3ccccc3F)C3CCOCC3)c2c1. The lowest BCUT2D eigenvalue weighted by molar-refractivity contribution is 0.00646. The molecule has 10 heteroatoms. The van der Waals surface area contributed by atoms with E-state index in [1.54, 1.807) is 16.8 Å². The molecule has 1 atom stereocenters. The standard InChI is InChI=1S/C34H40FN7O2/c1-21-31(40(4)39-38-21)23-19-28-30(36-20-23)26-9-10-29(41-15-11-24(12-16-41)34(2,3)43)37-33(26)42(28)32(22-13-17-44-18-14-22)25-7-5-6-8-27(25)35/h5-10,19-20,22,24,32,43H,11-18H2,1-4H3/t32-/m0/s1. The maximum atomic E-state index is 15.8. The van der Waals surface area contributed by atoms with Crippen molar-refractivity contribution < 1.29 is 14.2 Å². The number of aliphatic hydroxyl groups is 1. The highest BCUT2D eigenvalue weighted by atomic mass is 19.1. The Hall–Kier alpha value is -3.89. The predicted molar refractivity (Wildman–Crippen MR) is 169 cm³/mol. The molecule has 2 saturated heterocycles. The molecule has 1 aromatic carbocycles. The van der Waals surface area contributed by atoms with Crippen LogP contribution >= 0.6 is 0 Å². The van der Waals surface area contributed by atoms with E-state index in [-0.39, 0.29) is 23.7 Å². The number of fused-ring (bicyclic) bond motifs is 3. The number of piperidine rings is 1. The Kier molecular flexibility index (Phi) is 7.37. The first kappa shape index (κ1) is 28.9. The minimum absolute atomic E-state index is 0.149. The van der Waals surface area contributed by atoms with Gasteiger partial charge in [-0.1, -0.05) is 23.4 Å². The van der Waals surface area contributed by atoms with E-state index < -0.39 is 5.60 Å². The molecule has 4 aromatic heterocycles. The van der Waals surface area contributed by atoms with Crippen LogP contribution in [-0.4, -0.2) is 66.5 Å². The molecule has 0 amide bonds. The second-order valence-electron chi connectivity index (χ2n) is 13.0. The van der Waals surface area contributed by atoms with Crippen molar-refractivity contribution in [3.8, 4) is 11.3 Å². The predicted octanol–water partition coefficient (Wildman–Crippen LogP) is 5.83. The van der Waals surface area contributed by atoms with Crippen molar-refractivity contribution in [2.75, 3.05) is 31.2 Å². The summed E-state index contributed by atoms with van der Waals surface area (Å²) in [5.41, 5.74) is 5.12. The Morgan fingerprint density at radius 3 is 2.48 bits per heavy atom. The van der Waals surface area contributed by atoms with Crippen LogP contribution in [0.4, 0.5) is 10.2 Å². The van der Waals surface area contributed by atoms with Crippen molar-refractivity contribution in [3.05, 3.63) is 65.7 Å². The topological polar surface area (TPSA) is 94.1 Å². The van der Waals surface area contributed by atoms with Gasteiger partial charge in [0, 0.05) is 56.1 Å². The number of anilines is 1. The van der Waals surface area contributed by atoms with Crippen LogP contribution < -0.4 is 4.90 Å². The molecule has 5 aromatic rings. The highest BCUT2D eigenvalue weighted by molar-refractivity contribution is 6.05. The van der Waals surface area contributed by atoms with Gasteiger partial charge in [-0.05, 0) is 82.6 Å². The zero-order valence-electron chi connectivity index (χ0n) is 25.9. The maximum Gasteiger partial charge on any atom is 0.145 e. The van der Waals surface area contributed by atoms with E-state index in [0.29, 0.717) is 18.8 Å². The van der Waals surface area contributed by atoms with Gasteiger partial charge in [-0.3, -0.25) is 4.98 Å². The van der Waals surface area contributed by atoms with E-state index in [9.17, 15) is 5.11 Å². The number of rotatable bonds is 6. The van der Waals surface area contributed by atoms with Crippen molar-refractivity contribution in [2.24, 2.45) is 18.9 Å². The molecule has 0 aliphatic carbocycles. The summed E-state index contributed by atoms with van der Waals surface area (Å²) in [6, 6.07) is 13.2. The summed E-state index contributed by atoms with van der Waals surface area (Å²) >= 11 is 0. The quantitative estimate of drug-likeness (QED) is 0.263. The fraction of sp³-hybridized carbons (Fsp3) is 0.471. The summed E-state index contributed by atoms with van der Waals surface area (Å²) in [5, 5.41) is 20.0. The Morgan fingerprint density at radius 1 is 1.05 bits per heavy atom. The summed E-state index contributed by atoms with van der Waals surface area (Å²) < 4.78 is 25.5. The van der Waals surface area contributed by atoms with Crippen LogP contribution in [0.15, 0.2) is 48.7 Å². The van der Waals surface area contributed by atoms with E-state index >= 15 is 4.39 Å². The van der Waals surface area contributed by atoms with E-state index in [1.807, 2.05) is 46.1 Å². The van der Waals surface area contributed by atoms with E-state index in [1.165, 1.54) is 0 Å². The molecule has 6 heterocycles. The molecule has 7 rings (SSSR count).